The number of hydrogen-bond acceptors (Lipinski definition) is 4. The molecule has 3 rings (SSSR count). The molecule has 0 N–H and O–H groups in total. The number of hydrogen-bond donors (Lipinski definition) is 0. The van der Waals surface area contributed by atoms with Crippen molar-refractivity contribution in [1.29, 1.82) is 0 Å². The van der Waals surface area contributed by atoms with E-state index in [1.54, 1.807) is 0 Å². The van der Waals surface area contributed by atoms with Crippen molar-refractivity contribution in [2.45, 2.75) is 0 Å². The molecule has 0 unspecified atom stereocenters. The minimum atomic E-state index is -4.59. The van der Waals surface area contributed by atoms with Gasteiger partial charge in [-0.3, -0.25) is 0 Å². The van der Waals surface area contributed by atoms with E-state index in [1.807, 2.05) is 0 Å². The maximum atomic E-state index is 13.9. The zero-order valence-electron chi connectivity index (χ0n) is 16.2. The Morgan fingerprint density at radius 2 is 0.771 bits per heavy atom. The van der Waals surface area contributed by atoms with E-state index in [4.69, 9.17) is 0 Å². The summed E-state index contributed by atoms with van der Waals surface area (Å²) in [6.07, 6.45) is 0. The number of benzene rings is 3. The van der Waals surface area contributed by atoms with Gasteiger partial charge in [0.15, 0.2) is 0 Å². The Hall–Kier alpha value is -3.37. The standard InChI is InChI=1S/C20H5F10IO4/c21-7-9(23)13(27)17(14(28)10(7)24)34-19(32)31(6-4-2-1-3-5-6)20(33)35-18-15(29)11(25)8(22)12(26)16(18)30/h1-5H. The van der Waals surface area contributed by atoms with Crippen molar-refractivity contribution >= 4 is 27.8 Å². The molecule has 3 aromatic carbocycles. The molecule has 0 heterocycles. The summed E-state index contributed by atoms with van der Waals surface area (Å²) in [6, 6.07) is 5.83. The molecule has 15 heteroatoms. The molecule has 0 bridgehead atoms. The topological polar surface area (TPSA) is 52.6 Å². The average Bonchev–Trinajstić information content (AvgIpc) is 2.85. The number of rotatable bonds is 5. The molecule has 0 amide bonds. The number of halogens is 11. The minimum absolute atomic E-state index is 0.320. The fourth-order valence-electron chi connectivity index (χ4n) is 2.37. The second-order valence-corrected chi connectivity index (χ2v) is 10.7. The third kappa shape index (κ3) is 4.76. The van der Waals surface area contributed by atoms with Crippen LogP contribution < -0.4 is 9.47 Å². The van der Waals surface area contributed by atoms with Gasteiger partial charge in [-0.2, -0.15) is 0 Å². The van der Waals surface area contributed by atoms with E-state index in [-0.39, 0.29) is 3.57 Å². The molecule has 0 spiro atoms. The van der Waals surface area contributed by atoms with Crippen molar-refractivity contribution in [3.05, 3.63) is 92.1 Å². The van der Waals surface area contributed by atoms with E-state index in [0.29, 0.717) is 0 Å². The Morgan fingerprint density at radius 1 is 0.486 bits per heavy atom. The molecule has 0 saturated carbocycles. The fraction of sp³-hybridized carbons (Fsp3) is 0. The van der Waals surface area contributed by atoms with Gasteiger partial charge in [-0.1, -0.05) is 0 Å². The van der Waals surface area contributed by atoms with E-state index in [1.165, 1.54) is 18.2 Å². The number of ether oxygens (including phenoxy) is 2. The molecule has 0 saturated heterocycles. The van der Waals surface area contributed by atoms with Gasteiger partial charge in [0, 0.05) is 0 Å². The van der Waals surface area contributed by atoms with Gasteiger partial charge in [-0.05, 0) is 0 Å². The van der Waals surface area contributed by atoms with E-state index in [2.05, 4.69) is 9.47 Å². The van der Waals surface area contributed by atoms with Crippen LogP contribution in [0.3, 0.4) is 0 Å². The first-order valence-corrected chi connectivity index (χ1v) is 11.8. The second-order valence-electron chi connectivity index (χ2n) is 6.06. The van der Waals surface area contributed by atoms with Crippen molar-refractivity contribution in [1.82, 2.24) is 0 Å². The van der Waals surface area contributed by atoms with Gasteiger partial charge in [0.2, 0.25) is 0 Å². The third-order valence-electron chi connectivity index (χ3n) is 3.96. The van der Waals surface area contributed by atoms with Crippen molar-refractivity contribution in [2.24, 2.45) is 0 Å². The summed E-state index contributed by atoms with van der Waals surface area (Å²) in [5, 5.41) is 0. The van der Waals surface area contributed by atoms with Crippen LogP contribution in [-0.2, 0) is 0 Å². The molecule has 0 aliphatic rings. The molecule has 0 aliphatic carbocycles. The van der Waals surface area contributed by atoms with Crippen molar-refractivity contribution < 1.29 is 63.0 Å². The summed E-state index contributed by atoms with van der Waals surface area (Å²) in [5.74, 6) is -29.6. The van der Waals surface area contributed by atoms with Crippen LogP contribution in [0.1, 0.15) is 0 Å². The molecule has 4 nitrogen and oxygen atoms in total. The van der Waals surface area contributed by atoms with E-state index >= 15 is 0 Å². The Kier molecular flexibility index (Phi) is 7.56. The van der Waals surface area contributed by atoms with Gasteiger partial charge >= 0.3 is 194 Å². The van der Waals surface area contributed by atoms with Crippen molar-refractivity contribution in [3.8, 4) is 11.5 Å². The predicted molar refractivity (Wildman–Crippen MR) is 104 cm³/mol. The van der Waals surface area contributed by atoms with Crippen LogP contribution in [-0.4, -0.2) is 7.95 Å². The molecule has 0 aromatic heterocycles. The Labute approximate surface area is 194 Å². The van der Waals surface area contributed by atoms with Crippen LogP contribution in [0.2, 0.25) is 0 Å². The summed E-state index contributed by atoms with van der Waals surface area (Å²) >= 11 is -4.59. The quantitative estimate of drug-likeness (QED) is 0.0994. The second kappa shape index (κ2) is 10.1. The number of carbonyl (C=O) groups excluding carboxylic acids is 2. The average molecular weight is 626 g/mol. The summed E-state index contributed by atoms with van der Waals surface area (Å²) in [5.41, 5.74) is 0. The molecule has 0 fully saturated rings. The first-order chi connectivity index (χ1) is 16.4. The Morgan fingerprint density at radius 3 is 1.09 bits per heavy atom. The van der Waals surface area contributed by atoms with Gasteiger partial charge in [-0.15, -0.1) is 0 Å². The van der Waals surface area contributed by atoms with Crippen LogP contribution in [0.15, 0.2) is 30.3 Å². The van der Waals surface area contributed by atoms with Crippen LogP contribution in [0.25, 0.3) is 0 Å². The van der Waals surface area contributed by atoms with E-state index < -0.39 is 97.4 Å². The van der Waals surface area contributed by atoms with Gasteiger partial charge < -0.3 is 0 Å². The third-order valence-corrected chi connectivity index (χ3v) is 8.13. The zero-order chi connectivity index (χ0) is 26.2. The van der Waals surface area contributed by atoms with Gasteiger partial charge in [0.05, 0.1) is 0 Å². The van der Waals surface area contributed by atoms with Crippen LogP contribution in [0.4, 0.5) is 53.5 Å². The summed E-state index contributed by atoms with van der Waals surface area (Å²) in [7, 11) is 0. The Bertz CT molecular complexity index is 1210. The fourth-order valence-corrected chi connectivity index (χ4v) is 5.76. The molecule has 186 valence electrons. The molecule has 35 heavy (non-hydrogen) atoms. The van der Waals surface area contributed by atoms with Crippen LogP contribution in [0.5, 0.6) is 11.5 Å². The SMILES string of the molecule is O=C(Oc1c(F)c(F)c(F)c(F)c1F)I(C(=O)Oc1c(F)c(F)c(F)c(F)c1F)c1ccccc1. The van der Waals surface area contributed by atoms with Crippen molar-refractivity contribution in [3.63, 3.8) is 0 Å². The van der Waals surface area contributed by atoms with Crippen LogP contribution >= 0.6 is 19.8 Å². The molecular weight excluding hydrogens is 621 g/mol. The monoisotopic (exact) mass is 626 g/mol. The maximum absolute atomic E-state index is 13.9. The predicted octanol–water partition coefficient (Wildman–Crippen LogP) is 7.15. The summed E-state index contributed by atoms with van der Waals surface area (Å²) in [6.45, 7) is 0. The molecule has 3 aromatic rings. The van der Waals surface area contributed by atoms with Gasteiger partial charge in [0.25, 0.3) is 0 Å². The van der Waals surface area contributed by atoms with Crippen LogP contribution in [0, 0.1) is 61.7 Å². The van der Waals surface area contributed by atoms with Gasteiger partial charge in [-0.25, -0.2) is 0 Å². The zero-order valence-corrected chi connectivity index (χ0v) is 18.3. The normalized spacial score (nSPS) is 11.3. The number of carbonyl (C=O) groups is 2. The van der Waals surface area contributed by atoms with Gasteiger partial charge in [0.1, 0.15) is 0 Å². The first-order valence-electron chi connectivity index (χ1n) is 8.59. The first kappa shape index (κ1) is 26.2. The summed E-state index contributed by atoms with van der Waals surface area (Å²) in [4.78, 5) is 25.2. The summed E-state index contributed by atoms with van der Waals surface area (Å²) < 4.78 is 140. The Balaban J connectivity index is 2.06. The molecule has 0 aliphatic heterocycles. The molecule has 0 radical (unpaired) electrons. The van der Waals surface area contributed by atoms with Crippen molar-refractivity contribution in [2.75, 3.05) is 0 Å². The van der Waals surface area contributed by atoms with E-state index in [0.717, 1.165) is 12.1 Å². The molecular formula is C20H5F10IO4. The molecule has 0 atom stereocenters. The van der Waals surface area contributed by atoms with E-state index in [9.17, 15) is 53.5 Å².